The zero-order chi connectivity index (χ0) is 13.2. The summed E-state index contributed by atoms with van der Waals surface area (Å²) in [5.74, 6) is 1.08. The number of fused-ring (bicyclic) bond motifs is 1. The molecule has 19 heavy (non-hydrogen) atoms. The molecule has 0 fully saturated rings. The van der Waals surface area contributed by atoms with Crippen molar-refractivity contribution in [2.45, 2.75) is 20.0 Å². The molecule has 0 radical (unpaired) electrons. The molecule has 4 heteroatoms. The smallest absolute Gasteiger partial charge is 0.123 e. The van der Waals surface area contributed by atoms with E-state index in [0.29, 0.717) is 0 Å². The molecule has 0 spiro atoms. The van der Waals surface area contributed by atoms with Gasteiger partial charge in [0, 0.05) is 18.5 Å². The van der Waals surface area contributed by atoms with Gasteiger partial charge in [0.15, 0.2) is 0 Å². The molecule has 1 N–H and O–H groups in total. The van der Waals surface area contributed by atoms with Gasteiger partial charge in [0.2, 0.25) is 0 Å². The summed E-state index contributed by atoms with van der Waals surface area (Å²) in [6.07, 6.45) is 0. The first-order valence-corrected chi connectivity index (χ1v) is 7.27. The van der Waals surface area contributed by atoms with Crippen LogP contribution in [0.15, 0.2) is 35.7 Å². The van der Waals surface area contributed by atoms with Crippen LogP contribution in [0.2, 0.25) is 0 Å². The third-order valence-electron chi connectivity index (χ3n) is 3.42. The fourth-order valence-electron chi connectivity index (χ4n) is 2.23. The van der Waals surface area contributed by atoms with E-state index in [1.807, 2.05) is 6.07 Å². The molecular weight excluding hydrogens is 254 g/mol. The van der Waals surface area contributed by atoms with Gasteiger partial charge < -0.3 is 9.88 Å². The van der Waals surface area contributed by atoms with Crippen LogP contribution in [0.3, 0.4) is 0 Å². The van der Waals surface area contributed by atoms with Gasteiger partial charge >= 0.3 is 0 Å². The van der Waals surface area contributed by atoms with Crippen LogP contribution in [-0.4, -0.2) is 9.55 Å². The summed E-state index contributed by atoms with van der Waals surface area (Å²) in [5, 5.41) is 5.61. The van der Waals surface area contributed by atoms with Crippen molar-refractivity contribution in [1.29, 1.82) is 0 Å². The maximum atomic E-state index is 4.66. The van der Waals surface area contributed by atoms with Gasteiger partial charge in [-0.05, 0) is 36.1 Å². The molecule has 0 saturated carbocycles. The number of imidazole rings is 1. The Labute approximate surface area is 116 Å². The van der Waals surface area contributed by atoms with E-state index in [2.05, 4.69) is 58.5 Å². The highest BCUT2D eigenvalue weighted by molar-refractivity contribution is 7.10. The number of benzene rings is 1. The molecule has 2 heterocycles. The Kier molecular flexibility index (Phi) is 3.36. The number of para-hydroxylation sites is 2. The molecule has 0 amide bonds. The number of nitrogens with zero attached hydrogens (tertiary/aromatic N) is 2. The van der Waals surface area contributed by atoms with Crippen LogP contribution in [0.4, 0.5) is 0 Å². The zero-order valence-corrected chi connectivity index (χ0v) is 12.0. The monoisotopic (exact) mass is 271 g/mol. The first-order valence-electron chi connectivity index (χ1n) is 6.40. The zero-order valence-electron chi connectivity index (χ0n) is 11.2. The minimum atomic E-state index is 0.794. The lowest BCUT2D eigenvalue weighted by Gasteiger charge is -2.04. The molecule has 0 saturated heterocycles. The second-order valence-electron chi connectivity index (χ2n) is 4.71. The molecule has 0 unspecified atom stereocenters. The molecule has 3 rings (SSSR count). The van der Waals surface area contributed by atoms with Crippen LogP contribution in [0.25, 0.3) is 11.0 Å². The van der Waals surface area contributed by atoms with Crippen molar-refractivity contribution in [2.24, 2.45) is 7.05 Å². The van der Waals surface area contributed by atoms with E-state index in [0.717, 1.165) is 24.4 Å². The number of hydrogen-bond donors (Lipinski definition) is 1. The minimum Gasteiger partial charge on any atom is -0.330 e. The van der Waals surface area contributed by atoms with E-state index in [1.54, 1.807) is 11.3 Å². The lowest BCUT2D eigenvalue weighted by Crippen LogP contribution is -2.15. The Morgan fingerprint density at radius 1 is 1.21 bits per heavy atom. The SMILES string of the molecule is Cc1ccsc1CNCc1nc2ccccc2n1C. The molecule has 3 nitrogen and oxygen atoms in total. The molecule has 0 aliphatic rings. The molecule has 0 aliphatic carbocycles. The summed E-state index contributed by atoms with van der Waals surface area (Å²) in [6.45, 7) is 3.86. The van der Waals surface area contributed by atoms with Crippen LogP contribution in [0.1, 0.15) is 16.3 Å². The van der Waals surface area contributed by atoms with E-state index in [9.17, 15) is 0 Å². The summed E-state index contributed by atoms with van der Waals surface area (Å²) < 4.78 is 2.16. The molecule has 0 aliphatic heterocycles. The highest BCUT2D eigenvalue weighted by Crippen LogP contribution is 2.16. The summed E-state index contributed by atoms with van der Waals surface area (Å²) in [5.41, 5.74) is 3.61. The van der Waals surface area contributed by atoms with E-state index >= 15 is 0 Å². The maximum Gasteiger partial charge on any atom is 0.123 e. The van der Waals surface area contributed by atoms with Gasteiger partial charge in [-0.3, -0.25) is 0 Å². The standard InChI is InChI=1S/C15H17N3S/c1-11-7-8-19-14(11)9-16-10-15-17-12-5-3-4-6-13(12)18(15)2/h3-8,16H,9-10H2,1-2H3. The fraction of sp³-hybridized carbons (Fsp3) is 0.267. The normalized spacial score (nSPS) is 11.3. The summed E-state index contributed by atoms with van der Waals surface area (Å²) in [4.78, 5) is 6.06. The van der Waals surface area contributed by atoms with Crippen LogP contribution >= 0.6 is 11.3 Å². The molecule has 98 valence electrons. The predicted octanol–water partition coefficient (Wildman–Crippen LogP) is 3.23. The third kappa shape index (κ3) is 2.41. The van der Waals surface area contributed by atoms with Crippen LogP contribution in [0, 0.1) is 6.92 Å². The highest BCUT2D eigenvalue weighted by atomic mass is 32.1. The average Bonchev–Trinajstić information content (AvgIpc) is 2.96. The van der Waals surface area contributed by atoms with Gasteiger partial charge in [-0.15, -0.1) is 11.3 Å². The molecule has 1 aromatic carbocycles. The van der Waals surface area contributed by atoms with Gasteiger partial charge in [0.05, 0.1) is 17.6 Å². The van der Waals surface area contributed by atoms with Crippen LogP contribution < -0.4 is 5.32 Å². The summed E-state index contributed by atoms with van der Waals surface area (Å²) >= 11 is 1.80. The largest absolute Gasteiger partial charge is 0.330 e. The first-order chi connectivity index (χ1) is 9.25. The van der Waals surface area contributed by atoms with E-state index < -0.39 is 0 Å². The first kappa shape index (κ1) is 12.4. The highest BCUT2D eigenvalue weighted by Gasteiger charge is 2.06. The number of aryl methyl sites for hydroxylation is 2. The van der Waals surface area contributed by atoms with Crippen molar-refractivity contribution in [1.82, 2.24) is 14.9 Å². The van der Waals surface area contributed by atoms with Gasteiger partial charge in [-0.1, -0.05) is 12.1 Å². The molecule has 2 aromatic heterocycles. The van der Waals surface area contributed by atoms with Crippen molar-refractivity contribution in [2.75, 3.05) is 0 Å². The number of hydrogen-bond acceptors (Lipinski definition) is 3. The van der Waals surface area contributed by atoms with Gasteiger partial charge in [0.25, 0.3) is 0 Å². The Morgan fingerprint density at radius 2 is 2.05 bits per heavy atom. The lowest BCUT2D eigenvalue weighted by molar-refractivity contribution is 0.647. The molecule has 3 aromatic rings. The Morgan fingerprint density at radius 3 is 2.79 bits per heavy atom. The number of thiophene rings is 1. The number of rotatable bonds is 4. The van der Waals surface area contributed by atoms with E-state index in [1.165, 1.54) is 16.0 Å². The predicted molar refractivity (Wildman–Crippen MR) is 80.3 cm³/mol. The van der Waals surface area contributed by atoms with Crippen molar-refractivity contribution >= 4 is 22.4 Å². The van der Waals surface area contributed by atoms with Crippen LogP contribution in [0.5, 0.6) is 0 Å². The van der Waals surface area contributed by atoms with Crippen molar-refractivity contribution in [3.8, 4) is 0 Å². The second-order valence-corrected chi connectivity index (χ2v) is 5.71. The summed E-state index contributed by atoms with van der Waals surface area (Å²) in [7, 11) is 2.07. The van der Waals surface area contributed by atoms with E-state index in [4.69, 9.17) is 0 Å². The average molecular weight is 271 g/mol. The van der Waals surface area contributed by atoms with E-state index in [-0.39, 0.29) is 0 Å². The van der Waals surface area contributed by atoms with Gasteiger partial charge in [-0.25, -0.2) is 4.98 Å². The minimum absolute atomic E-state index is 0.794. The Hall–Kier alpha value is -1.65. The van der Waals surface area contributed by atoms with Crippen molar-refractivity contribution in [3.63, 3.8) is 0 Å². The van der Waals surface area contributed by atoms with Gasteiger partial charge in [0.1, 0.15) is 5.82 Å². The second kappa shape index (κ2) is 5.15. The molecule has 0 bridgehead atoms. The molecular formula is C15H17N3S. The van der Waals surface area contributed by atoms with Crippen molar-refractivity contribution < 1.29 is 0 Å². The molecule has 0 atom stereocenters. The Bertz CT molecular complexity index is 696. The number of nitrogens with one attached hydrogen (secondary N) is 1. The van der Waals surface area contributed by atoms with Crippen LogP contribution in [-0.2, 0) is 20.1 Å². The number of aromatic nitrogens is 2. The van der Waals surface area contributed by atoms with Gasteiger partial charge in [-0.2, -0.15) is 0 Å². The lowest BCUT2D eigenvalue weighted by atomic mass is 10.3. The quantitative estimate of drug-likeness (QED) is 0.789. The van der Waals surface area contributed by atoms with Crippen molar-refractivity contribution in [3.05, 3.63) is 52.0 Å². The Balaban J connectivity index is 1.72. The summed E-state index contributed by atoms with van der Waals surface area (Å²) in [6, 6.07) is 10.4. The topological polar surface area (TPSA) is 29.9 Å². The fourth-order valence-corrected chi connectivity index (χ4v) is 3.10. The third-order valence-corrected chi connectivity index (χ3v) is 4.44. The maximum absolute atomic E-state index is 4.66.